The van der Waals surface area contributed by atoms with E-state index >= 15 is 0 Å². The summed E-state index contributed by atoms with van der Waals surface area (Å²) in [5.74, 6) is 1.22. The minimum Gasteiger partial charge on any atom is -0.378 e. The molecule has 0 aliphatic carbocycles. The van der Waals surface area contributed by atoms with E-state index in [4.69, 9.17) is 4.74 Å². The second kappa shape index (κ2) is 2.66. The van der Waals surface area contributed by atoms with Crippen LogP contribution in [0.25, 0.3) is 0 Å². The fraction of sp³-hybridized carbons (Fsp3) is 0.625. The molecule has 0 saturated heterocycles. The molecular weight excluding hydrogens is 140 g/mol. The van der Waals surface area contributed by atoms with Crippen molar-refractivity contribution >= 4 is 0 Å². The van der Waals surface area contributed by atoms with Crippen LogP contribution < -0.4 is 0 Å². The summed E-state index contributed by atoms with van der Waals surface area (Å²) < 4.78 is 7.21. The van der Waals surface area contributed by atoms with Crippen molar-refractivity contribution in [3.05, 3.63) is 17.7 Å². The van der Waals surface area contributed by atoms with Crippen LogP contribution in [0, 0.1) is 0 Å². The molecule has 0 atom stereocenters. The van der Waals surface area contributed by atoms with E-state index in [1.165, 1.54) is 12.2 Å². The predicted molar refractivity (Wildman–Crippen MR) is 41.3 cm³/mol. The van der Waals surface area contributed by atoms with Crippen LogP contribution in [-0.4, -0.2) is 16.7 Å². The predicted octanol–water partition coefficient (Wildman–Crippen LogP) is 0.976. The summed E-state index contributed by atoms with van der Waals surface area (Å²) in [6.07, 6.45) is 4.46. The Labute approximate surface area is 66.0 Å². The first kappa shape index (κ1) is 6.85. The highest BCUT2D eigenvalue weighted by Gasteiger charge is 2.12. The van der Waals surface area contributed by atoms with E-state index in [1.54, 1.807) is 7.11 Å². The van der Waals surface area contributed by atoms with Crippen LogP contribution in [0.5, 0.6) is 0 Å². The lowest BCUT2D eigenvalue weighted by molar-refractivity contribution is 0.181. The zero-order valence-corrected chi connectivity index (χ0v) is 6.71. The average molecular weight is 152 g/mol. The Balaban J connectivity index is 2.20. The second-order valence-electron chi connectivity index (χ2n) is 2.88. The Morgan fingerprint density at radius 2 is 2.64 bits per heavy atom. The summed E-state index contributed by atoms with van der Waals surface area (Å²) in [4.78, 5) is 4.42. The lowest BCUT2D eigenvalue weighted by Crippen LogP contribution is -1.88. The van der Waals surface area contributed by atoms with Crippen molar-refractivity contribution in [2.24, 2.45) is 0 Å². The van der Waals surface area contributed by atoms with Gasteiger partial charge in [0.15, 0.2) is 0 Å². The number of nitrogens with zero attached hydrogens (tertiary/aromatic N) is 2. The smallest absolute Gasteiger partial charge is 0.109 e. The topological polar surface area (TPSA) is 27.1 Å². The van der Waals surface area contributed by atoms with Crippen molar-refractivity contribution in [2.45, 2.75) is 26.0 Å². The largest absolute Gasteiger partial charge is 0.378 e. The number of aromatic nitrogens is 2. The van der Waals surface area contributed by atoms with Crippen LogP contribution in [0.3, 0.4) is 0 Å². The number of ether oxygens (including phenoxy) is 1. The molecule has 1 aliphatic rings. The lowest BCUT2D eigenvalue weighted by Gasteiger charge is -1.91. The maximum atomic E-state index is 4.99. The first-order valence-electron chi connectivity index (χ1n) is 3.94. The number of fused-ring (bicyclic) bond motifs is 1. The Morgan fingerprint density at radius 3 is 3.36 bits per heavy atom. The molecule has 0 unspecified atom stereocenters. The molecule has 3 heteroatoms. The summed E-state index contributed by atoms with van der Waals surface area (Å²) in [6.45, 7) is 1.77. The molecule has 0 N–H and O–H groups in total. The zero-order chi connectivity index (χ0) is 7.68. The summed E-state index contributed by atoms with van der Waals surface area (Å²) in [5.41, 5.74) is 1.06. The number of methoxy groups -OCH3 is 1. The van der Waals surface area contributed by atoms with Crippen molar-refractivity contribution in [2.75, 3.05) is 7.11 Å². The minimum absolute atomic E-state index is 0.639. The fourth-order valence-electron chi connectivity index (χ4n) is 1.53. The van der Waals surface area contributed by atoms with Crippen molar-refractivity contribution in [1.82, 2.24) is 9.55 Å². The molecule has 60 valence electrons. The van der Waals surface area contributed by atoms with Crippen LogP contribution in [0.4, 0.5) is 0 Å². The summed E-state index contributed by atoms with van der Waals surface area (Å²) in [6, 6.07) is 0. The van der Waals surface area contributed by atoms with Crippen molar-refractivity contribution in [1.29, 1.82) is 0 Å². The minimum atomic E-state index is 0.639. The van der Waals surface area contributed by atoms with E-state index < -0.39 is 0 Å². The second-order valence-corrected chi connectivity index (χ2v) is 2.88. The highest BCUT2D eigenvalue weighted by atomic mass is 16.5. The van der Waals surface area contributed by atoms with Crippen LogP contribution in [0.1, 0.15) is 17.9 Å². The monoisotopic (exact) mass is 152 g/mol. The SMILES string of the molecule is COCc1cn2c(n1)CCC2. The van der Waals surface area contributed by atoms with Crippen molar-refractivity contribution < 1.29 is 4.74 Å². The highest BCUT2D eigenvalue weighted by Crippen LogP contribution is 2.14. The molecule has 2 rings (SSSR count). The van der Waals surface area contributed by atoms with Crippen molar-refractivity contribution in [3.63, 3.8) is 0 Å². The van der Waals surface area contributed by atoms with Gasteiger partial charge in [0.05, 0.1) is 12.3 Å². The molecule has 0 saturated carbocycles. The van der Waals surface area contributed by atoms with Gasteiger partial charge in [0.25, 0.3) is 0 Å². The quantitative estimate of drug-likeness (QED) is 0.631. The van der Waals surface area contributed by atoms with E-state index in [0.29, 0.717) is 6.61 Å². The van der Waals surface area contributed by atoms with Crippen LogP contribution in [-0.2, 0) is 24.3 Å². The highest BCUT2D eigenvalue weighted by molar-refractivity contribution is 5.06. The van der Waals surface area contributed by atoms with E-state index in [-0.39, 0.29) is 0 Å². The van der Waals surface area contributed by atoms with Gasteiger partial charge in [-0.15, -0.1) is 0 Å². The van der Waals surface area contributed by atoms with Gasteiger partial charge >= 0.3 is 0 Å². The molecule has 1 aromatic heterocycles. The number of hydrogen-bond acceptors (Lipinski definition) is 2. The summed E-state index contributed by atoms with van der Waals surface area (Å²) >= 11 is 0. The fourth-order valence-corrected chi connectivity index (χ4v) is 1.53. The van der Waals surface area contributed by atoms with Gasteiger partial charge < -0.3 is 9.30 Å². The summed E-state index contributed by atoms with van der Waals surface area (Å²) in [7, 11) is 1.70. The standard InChI is InChI=1S/C8H12N2O/c1-11-6-7-5-10-4-2-3-8(10)9-7/h5H,2-4,6H2,1H3. The molecular formula is C8H12N2O. The lowest BCUT2D eigenvalue weighted by atomic mass is 10.3. The van der Waals surface area contributed by atoms with E-state index in [0.717, 1.165) is 18.7 Å². The molecule has 1 aliphatic heterocycles. The van der Waals surface area contributed by atoms with Gasteiger partial charge in [-0.05, 0) is 6.42 Å². The van der Waals surface area contributed by atoms with Gasteiger partial charge in [0, 0.05) is 26.3 Å². The number of imidazole rings is 1. The normalized spacial score (nSPS) is 15.4. The molecule has 0 radical (unpaired) electrons. The third-order valence-electron chi connectivity index (χ3n) is 2.00. The van der Waals surface area contributed by atoms with Crippen LogP contribution in [0.15, 0.2) is 6.20 Å². The van der Waals surface area contributed by atoms with Gasteiger partial charge in [0.2, 0.25) is 0 Å². The molecule has 0 aromatic carbocycles. The molecule has 0 fully saturated rings. The Hall–Kier alpha value is -0.830. The third kappa shape index (κ3) is 1.16. The van der Waals surface area contributed by atoms with Gasteiger partial charge in [-0.3, -0.25) is 0 Å². The maximum Gasteiger partial charge on any atom is 0.109 e. The molecule has 11 heavy (non-hydrogen) atoms. The van der Waals surface area contributed by atoms with E-state index in [9.17, 15) is 0 Å². The Kier molecular flexibility index (Phi) is 1.66. The Bertz CT molecular complexity index is 233. The molecule has 0 bridgehead atoms. The van der Waals surface area contributed by atoms with E-state index in [2.05, 4.69) is 15.7 Å². The molecule has 0 amide bonds. The van der Waals surface area contributed by atoms with Crippen LogP contribution >= 0.6 is 0 Å². The molecule has 3 nitrogen and oxygen atoms in total. The number of rotatable bonds is 2. The van der Waals surface area contributed by atoms with Gasteiger partial charge in [-0.2, -0.15) is 0 Å². The van der Waals surface area contributed by atoms with Crippen molar-refractivity contribution in [3.8, 4) is 0 Å². The number of hydrogen-bond donors (Lipinski definition) is 0. The third-order valence-corrected chi connectivity index (χ3v) is 2.00. The van der Waals surface area contributed by atoms with Gasteiger partial charge in [-0.25, -0.2) is 4.98 Å². The Morgan fingerprint density at radius 1 is 1.73 bits per heavy atom. The summed E-state index contributed by atoms with van der Waals surface area (Å²) in [5, 5.41) is 0. The first-order valence-corrected chi connectivity index (χ1v) is 3.94. The molecule has 1 aromatic rings. The zero-order valence-electron chi connectivity index (χ0n) is 6.71. The number of aryl methyl sites for hydroxylation is 2. The molecule has 0 spiro atoms. The molecule has 2 heterocycles. The average Bonchev–Trinajstić information content (AvgIpc) is 2.46. The van der Waals surface area contributed by atoms with E-state index in [1.807, 2.05) is 0 Å². The maximum absolute atomic E-state index is 4.99. The first-order chi connectivity index (χ1) is 5.40. The van der Waals surface area contributed by atoms with Gasteiger partial charge in [-0.1, -0.05) is 0 Å². The van der Waals surface area contributed by atoms with Crippen LogP contribution in [0.2, 0.25) is 0 Å². The van der Waals surface area contributed by atoms with Gasteiger partial charge in [0.1, 0.15) is 5.82 Å².